The van der Waals surface area contributed by atoms with Gasteiger partial charge in [0.25, 0.3) is 5.56 Å². The van der Waals surface area contributed by atoms with Crippen LogP contribution in [-0.4, -0.2) is 37.2 Å². The fourth-order valence-corrected chi connectivity index (χ4v) is 4.10. The van der Waals surface area contributed by atoms with Gasteiger partial charge in [-0.15, -0.1) is 0 Å². The molecule has 0 N–H and O–H groups in total. The number of carbonyl (C=O) groups excluding carboxylic acids is 1. The summed E-state index contributed by atoms with van der Waals surface area (Å²) in [4.78, 5) is 24.3. The van der Waals surface area contributed by atoms with E-state index in [-0.39, 0.29) is 22.8 Å². The van der Waals surface area contributed by atoms with Crippen molar-refractivity contribution in [2.24, 2.45) is 0 Å². The van der Waals surface area contributed by atoms with E-state index >= 15 is 0 Å². The average Bonchev–Trinajstić information content (AvgIpc) is 2.51. The molecule has 1 aromatic heterocycles. The summed E-state index contributed by atoms with van der Waals surface area (Å²) < 4.78 is 27.1. The number of sulfonamides is 1. The first-order chi connectivity index (χ1) is 12.0. The van der Waals surface area contributed by atoms with Crippen molar-refractivity contribution in [2.75, 3.05) is 14.1 Å². The summed E-state index contributed by atoms with van der Waals surface area (Å²) in [5, 5.41) is 0. The molecule has 1 heterocycles. The SMILES string of the molecule is CC(=O)c1c(C)cc(C)c(Cn2cc(S(=O)(=O)N(C)C)ccc2=O)c1C. The van der Waals surface area contributed by atoms with Gasteiger partial charge < -0.3 is 4.57 Å². The Morgan fingerprint density at radius 3 is 2.27 bits per heavy atom. The van der Waals surface area contributed by atoms with Gasteiger partial charge in [0.2, 0.25) is 10.0 Å². The van der Waals surface area contributed by atoms with Gasteiger partial charge >= 0.3 is 0 Å². The standard InChI is InChI=1S/C19H24N2O4S/c1-12-9-13(2)19(15(4)22)14(3)17(12)11-21-10-16(7-8-18(21)23)26(24,25)20(5)6/h7-10H,11H2,1-6H3. The van der Waals surface area contributed by atoms with E-state index in [0.29, 0.717) is 5.56 Å². The molecule has 6 nitrogen and oxygen atoms in total. The lowest BCUT2D eigenvalue weighted by atomic mass is 9.91. The van der Waals surface area contributed by atoms with Crippen molar-refractivity contribution in [3.05, 3.63) is 62.6 Å². The van der Waals surface area contributed by atoms with Crippen LogP contribution in [-0.2, 0) is 16.6 Å². The lowest BCUT2D eigenvalue weighted by Crippen LogP contribution is -2.26. The van der Waals surface area contributed by atoms with E-state index < -0.39 is 10.0 Å². The fourth-order valence-electron chi connectivity index (χ4n) is 3.18. The highest BCUT2D eigenvalue weighted by Gasteiger charge is 2.19. The molecule has 0 spiro atoms. The maximum atomic E-state index is 12.3. The summed E-state index contributed by atoms with van der Waals surface area (Å²) in [6, 6.07) is 4.48. The summed E-state index contributed by atoms with van der Waals surface area (Å²) in [6.07, 6.45) is 1.35. The summed E-state index contributed by atoms with van der Waals surface area (Å²) in [5.41, 5.74) is 3.87. The maximum absolute atomic E-state index is 12.3. The lowest BCUT2D eigenvalue weighted by Gasteiger charge is -2.18. The van der Waals surface area contributed by atoms with Crippen LogP contribution in [0.3, 0.4) is 0 Å². The summed E-state index contributed by atoms with van der Waals surface area (Å²) in [7, 11) is -0.752. The van der Waals surface area contributed by atoms with Crippen molar-refractivity contribution >= 4 is 15.8 Å². The van der Waals surface area contributed by atoms with Crippen LogP contribution in [0.2, 0.25) is 0 Å². The Kier molecular flexibility index (Phi) is 5.53. The van der Waals surface area contributed by atoms with Gasteiger partial charge in [0, 0.05) is 31.9 Å². The number of hydrogen-bond acceptors (Lipinski definition) is 4. The predicted molar refractivity (Wildman–Crippen MR) is 101 cm³/mol. The smallest absolute Gasteiger partial charge is 0.250 e. The highest BCUT2D eigenvalue weighted by Crippen LogP contribution is 2.24. The molecule has 7 heteroatoms. The fraction of sp³-hybridized carbons (Fsp3) is 0.368. The first kappa shape index (κ1) is 20.1. The van der Waals surface area contributed by atoms with E-state index in [9.17, 15) is 18.0 Å². The Hall–Kier alpha value is -2.25. The van der Waals surface area contributed by atoms with E-state index in [1.54, 1.807) is 0 Å². The third kappa shape index (κ3) is 3.64. The molecule has 0 aliphatic carbocycles. The van der Waals surface area contributed by atoms with Gasteiger partial charge in [-0.25, -0.2) is 12.7 Å². The van der Waals surface area contributed by atoms with Crippen LogP contribution in [0, 0.1) is 20.8 Å². The zero-order valence-corrected chi connectivity index (χ0v) is 16.8. The second-order valence-electron chi connectivity index (χ2n) is 6.66. The minimum Gasteiger partial charge on any atom is -0.310 e. The molecule has 0 fully saturated rings. The summed E-state index contributed by atoms with van der Waals surface area (Å²) >= 11 is 0. The first-order valence-corrected chi connectivity index (χ1v) is 9.64. The average molecular weight is 376 g/mol. The lowest BCUT2D eigenvalue weighted by molar-refractivity contribution is 0.101. The molecule has 2 rings (SSSR count). The first-order valence-electron chi connectivity index (χ1n) is 8.20. The Labute approximate surface area is 154 Å². The molecule has 0 atom stereocenters. The molecule has 0 bridgehead atoms. The number of ketones is 1. The predicted octanol–water partition coefficient (Wildman–Crippen LogP) is 2.27. The quantitative estimate of drug-likeness (QED) is 0.750. The number of carbonyl (C=O) groups is 1. The number of hydrogen-bond donors (Lipinski definition) is 0. The van der Waals surface area contributed by atoms with Gasteiger partial charge in [-0.3, -0.25) is 9.59 Å². The van der Waals surface area contributed by atoms with Gasteiger partial charge in [0.05, 0.1) is 11.4 Å². The van der Waals surface area contributed by atoms with E-state index in [2.05, 4.69) is 0 Å². The highest BCUT2D eigenvalue weighted by molar-refractivity contribution is 7.89. The van der Waals surface area contributed by atoms with E-state index in [0.717, 1.165) is 26.6 Å². The van der Waals surface area contributed by atoms with Crippen LogP contribution in [0.4, 0.5) is 0 Å². The van der Waals surface area contributed by atoms with Gasteiger partial charge in [0.1, 0.15) is 0 Å². The van der Waals surface area contributed by atoms with Crippen LogP contribution < -0.4 is 5.56 Å². The zero-order valence-electron chi connectivity index (χ0n) is 16.0. The van der Waals surface area contributed by atoms with Crippen molar-refractivity contribution in [1.82, 2.24) is 8.87 Å². The normalized spacial score (nSPS) is 11.8. The second kappa shape index (κ2) is 7.17. The molecule has 0 unspecified atom stereocenters. The Bertz CT molecular complexity index is 1030. The van der Waals surface area contributed by atoms with Gasteiger partial charge in [-0.05, 0) is 56.0 Å². The van der Waals surface area contributed by atoms with Gasteiger partial charge in [-0.1, -0.05) is 6.07 Å². The number of nitrogens with zero attached hydrogens (tertiary/aromatic N) is 2. The van der Waals surface area contributed by atoms with Crippen LogP contribution in [0.1, 0.15) is 39.5 Å². The Morgan fingerprint density at radius 1 is 1.12 bits per heavy atom. The largest absolute Gasteiger partial charge is 0.310 e. The highest BCUT2D eigenvalue weighted by atomic mass is 32.2. The third-order valence-corrected chi connectivity index (χ3v) is 6.35. The van der Waals surface area contributed by atoms with Crippen LogP contribution in [0.15, 0.2) is 34.1 Å². The third-order valence-electron chi connectivity index (χ3n) is 4.55. The van der Waals surface area contributed by atoms with E-state index in [4.69, 9.17) is 0 Å². The van der Waals surface area contributed by atoms with Gasteiger partial charge in [0.15, 0.2) is 5.78 Å². The number of benzene rings is 1. The van der Waals surface area contributed by atoms with Crippen LogP contribution in [0.25, 0.3) is 0 Å². The molecule has 26 heavy (non-hydrogen) atoms. The van der Waals surface area contributed by atoms with Crippen molar-refractivity contribution in [3.8, 4) is 0 Å². The number of aryl methyl sites for hydroxylation is 2. The van der Waals surface area contributed by atoms with Crippen molar-refractivity contribution in [1.29, 1.82) is 0 Å². The molecule has 1 aromatic carbocycles. The zero-order chi connectivity index (χ0) is 19.8. The summed E-state index contributed by atoms with van der Waals surface area (Å²) in [5.74, 6) is -0.0301. The molecule has 140 valence electrons. The topological polar surface area (TPSA) is 76.5 Å². The molecule has 0 saturated heterocycles. The maximum Gasteiger partial charge on any atom is 0.250 e. The number of aromatic nitrogens is 1. The van der Waals surface area contributed by atoms with Crippen molar-refractivity contribution < 1.29 is 13.2 Å². The second-order valence-corrected chi connectivity index (χ2v) is 8.82. The molecule has 0 amide bonds. The van der Waals surface area contributed by atoms with E-state index in [1.807, 2.05) is 26.8 Å². The molecule has 0 saturated carbocycles. The Balaban J connectivity index is 2.62. The molecule has 0 radical (unpaired) electrons. The van der Waals surface area contributed by atoms with Crippen LogP contribution >= 0.6 is 0 Å². The Morgan fingerprint density at radius 2 is 1.73 bits per heavy atom. The molecular weight excluding hydrogens is 352 g/mol. The molecule has 0 aliphatic rings. The minimum absolute atomic E-state index is 0.0301. The van der Waals surface area contributed by atoms with Crippen molar-refractivity contribution in [2.45, 2.75) is 39.1 Å². The molecular formula is C19H24N2O4S. The number of Topliss-reactive ketones (excluding diaryl/α,β-unsaturated/α-hetero) is 1. The molecule has 0 aliphatic heterocycles. The van der Waals surface area contributed by atoms with Gasteiger partial charge in [-0.2, -0.15) is 0 Å². The monoisotopic (exact) mass is 376 g/mol. The molecule has 2 aromatic rings. The minimum atomic E-state index is -3.64. The van der Waals surface area contributed by atoms with Crippen LogP contribution in [0.5, 0.6) is 0 Å². The van der Waals surface area contributed by atoms with Crippen molar-refractivity contribution in [3.63, 3.8) is 0 Å². The van der Waals surface area contributed by atoms with E-state index in [1.165, 1.54) is 43.9 Å². The summed E-state index contributed by atoms with van der Waals surface area (Å²) in [6.45, 7) is 7.39. The number of rotatable bonds is 5. The number of pyridine rings is 1.